The van der Waals surface area contributed by atoms with E-state index in [1.165, 1.54) is 5.56 Å². The van der Waals surface area contributed by atoms with Gasteiger partial charge < -0.3 is 4.74 Å². The summed E-state index contributed by atoms with van der Waals surface area (Å²) in [4.78, 5) is 15.2. The van der Waals surface area contributed by atoms with Gasteiger partial charge in [0.2, 0.25) is 0 Å². The highest BCUT2D eigenvalue weighted by Gasteiger charge is 2.11. The van der Waals surface area contributed by atoms with Crippen LogP contribution in [0.1, 0.15) is 11.3 Å². The summed E-state index contributed by atoms with van der Waals surface area (Å²) in [6.45, 7) is 1.65. The quantitative estimate of drug-likeness (QED) is 0.696. The number of nitrogens with zero attached hydrogens (tertiary/aromatic N) is 4. The standard InChI is InChI=1S/C17H18N4OS/c1-21(10-14-11-23-12-20-14)9-13-4-5-16(22-2)15(8-13)17-18-6-3-7-19-17/h3-8,11-12H,9-10H2,1-2H3. The summed E-state index contributed by atoms with van der Waals surface area (Å²) in [7, 11) is 3.75. The number of ether oxygens (including phenoxy) is 1. The second-order valence-corrected chi connectivity index (χ2v) is 5.98. The van der Waals surface area contributed by atoms with Crippen molar-refractivity contribution in [1.29, 1.82) is 0 Å². The molecule has 5 nitrogen and oxygen atoms in total. The van der Waals surface area contributed by atoms with Crippen molar-refractivity contribution < 1.29 is 4.74 Å². The molecule has 3 rings (SSSR count). The number of hydrogen-bond donors (Lipinski definition) is 0. The van der Waals surface area contributed by atoms with Gasteiger partial charge in [0.1, 0.15) is 5.75 Å². The molecule has 6 heteroatoms. The summed E-state index contributed by atoms with van der Waals surface area (Å²) in [6, 6.07) is 7.94. The van der Waals surface area contributed by atoms with Gasteiger partial charge in [-0.15, -0.1) is 11.3 Å². The molecule has 0 N–H and O–H groups in total. The van der Waals surface area contributed by atoms with Gasteiger partial charge >= 0.3 is 0 Å². The topological polar surface area (TPSA) is 51.1 Å². The Kier molecular flexibility index (Phi) is 4.95. The van der Waals surface area contributed by atoms with Crippen molar-refractivity contribution in [2.75, 3.05) is 14.2 Å². The van der Waals surface area contributed by atoms with Crippen molar-refractivity contribution in [3.8, 4) is 17.1 Å². The second-order valence-electron chi connectivity index (χ2n) is 5.26. The molecule has 23 heavy (non-hydrogen) atoms. The lowest BCUT2D eigenvalue weighted by molar-refractivity contribution is 0.315. The van der Waals surface area contributed by atoms with E-state index >= 15 is 0 Å². The van der Waals surface area contributed by atoms with E-state index in [4.69, 9.17) is 4.74 Å². The monoisotopic (exact) mass is 326 g/mol. The molecule has 2 heterocycles. The molecular weight excluding hydrogens is 308 g/mol. The first-order chi connectivity index (χ1) is 11.3. The molecule has 0 spiro atoms. The average Bonchev–Trinajstić information content (AvgIpc) is 3.08. The fourth-order valence-corrected chi connectivity index (χ4v) is 2.98. The first kappa shape index (κ1) is 15.6. The second kappa shape index (κ2) is 7.30. The first-order valence-corrected chi connectivity index (χ1v) is 8.20. The third-order valence-electron chi connectivity index (χ3n) is 3.44. The van der Waals surface area contributed by atoms with Crippen molar-refractivity contribution in [2.45, 2.75) is 13.1 Å². The van der Waals surface area contributed by atoms with E-state index in [0.29, 0.717) is 5.82 Å². The van der Waals surface area contributed by atoms with Crippen LogP contribution in [-0.4, -0.2) is 34.0 Å². The van der Waals surface area contributed by atoms with Crippen LogP contribution in [0.4, 0.5) is 0 Å². The Morgan fingerprint density at radius 1 is 1.13 bits per heavy atom. The number of hydrogen-bond acceptors (Lipinski definition) is 6. The van der Waals surface area contributed by atoms with Gasteiger partial charge in [-0.2, -0.15) is 0 Å². The molecular formula is C17H18N4OS. The van der Waals surface area contributed by atoms with E-state index in [-0.39, 0.29) is 0 Å². The number of thiazole rings is 1. The van der Waals surface area contributed by atoms with E-state index in [0.717, 1.165) is 30.1 Å². The Balaban J connectivity index is 1.80. The first-order valence-electron chi connectivity index (χ1n) is 7.26. The van der Waals surface area contributed by atoms with Crippen LogP contribution in [0.25, 0.3) is 11.4 Å². The van der Waals surface area contributed by atoms with E-state index < -0.39 is 0 Å². The molecule has 0 atom stereocenters. The van der Waals surface area contributed by atoms with Crippen molar-refractivity contribution in [3.05, 3.63) is 58.8 Å². The normalized spacial score (nSPS) is 10.9. The Morgan fingerprint density at radius 2 is 1.96 bits per heavy atom. The summed E-state index contributed by atoms with van der Waals surface area (Å²) >= 11 is 1.62. The average molecular weight is 326 g/mol. The third-order valence-corrected chi connectivity index (χ3v) is 4.07. The predicted molar refractivity (Wildman–Crippen MR) is 91.3 cm³/mol. The van der Waals surface area contributed by atoms with Crippen LogP contribution in [0.2, 0.25) is 0 Å². The molecule has 0 amide bonds. The zero-order valence-electron chi connectivity index (χ0n) is 13.1. The van der Waals surface area contributed by atoms with E-state index in [9.17, 15) is 0 Å². The van der Waals surface area contributed by atoms with E-state index in [1.807, 2.05) is 17.6 Å². The molecule has 0 aliphatic carbocycles. The largest absolute Gasteiger partial charge is 0.496 e. The maximum Gasteiger partial charge on any atom is 0.162 e. The van der Waals surface area contributed by atoms with Gasteiger partial charge in [-0.05, 0) is 30.8 Å². The molecule has 0 bridgehead atoms. The minimum absolute atomic E-state index is 0.674. The minimum atomic E-state index is 0.674. The highest BCUT2D eigenvalue weighted by molar-refractivity contribution is 7.07. The van der Waals surface area contributed by atoms with Crippen molar-refractivity contribution in [1.82, 2.24) is 19.9 Å². The highest BCUT2D eigenvalue weighted by Crippen LogP contribution is 2.28. The Labute approximate surface area is 139 Å². The van der Waals surface area contributed by atoms with E-state index in [2.05, 4.69) is 44.4 Å². The van der Waals surface area contributed by atoms with Gasteiger partial charge in [0.25, 0.3) is 0 Å². The summed E-state index contributed by atoms with van der Waals surface area (Å²) in [5.74, 6) is 1.45. The molecule has 0 saturated carbocycles. The molecule has 118 valence electrons. The van der Waals surface area contributed by atoms with E-state index in [1.54, 1.807) is 30.8 Å². The zero-order chi connectivity index (χ0) is 16.1. The molecule has 0 fully saturated rings. The number of rotatable bonds is 6. The van der Waals surface area contributed by atoms with Gasteiger partial charge in [-0.25, -0.2) is 15.0 Å². The lowest BCUT2D eigenvalue weighted by atomic mass is 10.1. The van der Waals surface area contributed by atoms with Crippen LogP contribution >= 0.6 is 11.3 Å². The number of benzene rings is 1. The van der Waals surface area contributed by atoms with Gasteiger partial charge in [-0.1, -0.05) is 6.07 Å². The van der Waals surface area contributed by atoms with Crippen molar-refractivity contribution in [2.24, 2.45) is 0 Å². The molecule has 0 saturated heterocycles. The SMILES string of the molecule is COc1ccc(CN(C)Cc2cscn2)cc1-c1ncccn1. The van der Waals surface area contributed by atoms with Crippen LogP contribution in [-0.2, 0) is 13.1 Å². The Bertz CT molecular complexity index is 747. The van der Waals surface area contributed by atoms with Crippen molar-refractivity contribution >= 4 is 11.3 Å². The smallest absolute Gasteiger partial charge is 0.162 e. The zero-order valence-corrected chi connectivity index (χ0v) is 14.0. The summed E-state index contributed by atoms with van der Waals surface area (Å²) in [5, 5.41) is 2.08. The Morgan fingerprint density at radius 3 is 2.65 bits per heavy atom. The third kappa shape index (κ3) is 3.91. The maximum atomic E-state index is 5.44. The maximum absolute atomic E-state index is 5.44. The molecule has 0 aliphatic rings. The van der Waals surface area contributed by atoms with Crippen LogP contribution in [0.15, 0.2) is 47.5 Å². The molecule has 3 aromatic rings. The lowest BCUT2D eigenvalue weighted by Gasteiger charge is -2.17. The van der Waals surface area contributed by atoms with Crippen LogP contribution in [0.5, 0.6) is 5.75 Å². The molecule has 1 aromatic carbocycles. The molecule has 0 radical (unpaired) electrons. The van der Waals surface area contributed by atoms with Gasteiger partial charge in [0.15, 0.2) is 5.82 Å². The van der Waals surface area contributed by atoms with Gasteiger partial charge in [-0.3, -0.25) is 4.90 Å². The molecule has 0 unspecified atom stereocenters. The lowest BCUT2D eigenvalue weighted by Crippen LogP contribution is -2.17. The van der Waals surface area contributed by atoms with Gasteiger partial charge in [0.05, 0.1) is 23.9 Å². The molecule has 0 aliphatic heterocycles. The summed E-state index contributed by atoms with van der Waals surface area (Å²) in [5.41, 5.74) is 5.05. The number of methoxy groups -OCH3 is 1. The fourth-order valence-electron chi connectivity index (χ4n) is 2.43. The Hall–Kier alpha value is -2.31. The fraction of sp³-hybridized carbons (Fsp3) is 0.235. The van der Waals surface area contributed by atoms with Crippen LogP contribution in [0, 0.1) is 0 Å². The summed E-state index contributed by atoms with van der Waals surface area (Å²) in [6.07, 6.45) is 3.48. The van der Waals surface area contributed by atoms with Crippen molar-refractivity contribution in [3.63, 3.8) is 0 Å². The van der Waals surface area contributed by atoms with Crippen LogP contribution < -0.4 is 4.74 Å². The number of aromatic nitrogens is 3. The molecule has 2 aromatic heterocycles. The van der Waals surface area contributed by atoms with Crippen LogP contribution in [0.3, 0.4) is 0 Å². The highest BCUT2D eigenvalue weighted by atomic mass is 32.1. The van der Waals surface area contributed by atoms with Gasteiger partial charge in [0, 0.05) is 30.9 Å². The minimum Gasteiger partial charge on any atom is -0.496 e. The predicted octanol–water partition coefficient (Wildman–Crippen LogP) is 3.24. The summed E-state index contributed by atoms with van der Waals surface area (Å²) < 4.78 is 5.44.